The van der Waals surface area contributed by atoms with Gasteiger partial charge in [0.1, 0.15) is 6.23 Å². The molecular weight excluding hydrogens is 200 g/mol. The van der Waals surface area contributed by atoms with Gasteiger partial charge in [0.05, 0.1) is 6.61 Å². The fourth-order valence-corrected chi connectivity index (χ4v) is 1.27. The van der Waals surface area contributed by atoms with Gasteiger partial charge in [0, 0.05) is 0 Å². The molecule has 0 spiro atoms. The van der Waals surface area contributed by atoms with Crippen LogP contribution in [0, 0.1) is 0 Å². The number of carbonyl (C=O) groups is 1. The Labute approximate surface area is 88.1 Å². The lowest BCUT2D eigenvalue weighted by atomic mass is 10.4. The summed E-state index contributed by atoms with van der Waals surface area (Å²) in [5.41, 5.74) is 0.816. The monoisotopic (exact) mass is 216 g/mol. The molecular formula is C9H16N2O4. The normalized spacial score (nSPS) is 27.7. The standard InChI is InChI=1S/C9H16N2O4/c1-5(2)4-15-6(3)11-8(13)7(12)10-9(11)14/h6-8,12-13H,1,4H2,2-3H3,(H,10,14). The van der Waals surface area contributed by atoms with Crippen LogP contribution in [0.3, 0.4) is 0 Å². The van der Waals surface area contributed by atoms with E-state index in [1.54, 1.807) is 13.8 Å². The van der Waals surface area contributed by atoms with Crippen LogP contribution >= 0.6 is 0 Å². The zero-order chi connectivity index (χ0) is 11.6. The fourth-order valence-electron chi connectivity index (χ4n) is 1.27. The minimum absolute atomic E-state index is 0.299. The molecule has 3 N–H and O–H groups in total. The second kappa shape index (κ2) is 4.61. The van der Waals surface area contributed by atoms with Crippen molar-refractivity contribution >= 4 is 6.03 Å². The van der Waals surface area contributed by atoms with Crippen LogP contribution in [-0.2, 0) is 4.74 Å². The van der Waals surface area contributed by atoms with Gasteiger partial charge in [0.2, 0.25) is 0 Å². The van der Waals surface area contributed by atoms with E-state index in [1.165, 1.54) is 0 Å². The maximum atomic E-state index is 11.3. The van der Waals surface area contributed by atoms with E-state index in [4.69, 9.17) is 9.84 Å². The Hall–Kier alpha value is -1.11. The van der Waals surface area contributed by atoms with Gasteiger partial charge in [-0.2, -0.15) is 0 Å². The number of aliphatic hydroxyl groups is 2. The number of urea groups is 1. The van der Waals surface area contributed by atoms with E-state index in [0.29, 0.717) is 6.61 Å². The summed E-state index contributed by atoms with van der Waals surface area (Å²) >= 11 is 0. The van der Waals surface area contributed by atoms with Crippen LogP contribution in [0.5, 0.6) is 0 Å². The third kappa shape index (κ3) is 2.68. The number of aliphatic hydroxyl groups excluding tert-OH is 2. The molecule has 0 bridgehead atoms. The number of nitrogens with zero attached hydrogens (tertiary/aromatic N) is 1. The molecule has 1 rings (SSSR count). The second-order valence-corrected chi connectivity index (χ2v) is 3.58. The van der Waals surface area contributed by atoms with Crippen LogP contribution in [0.1, 0.15) is 13.8 Å². The number of hydrogen-bond donors (Lipinski definition) is 3. The zero-order valence-electron chi connectivity index (χ0n) is 8.80. The van der Waals surface area contributed by atoms with Crippen molar-refractivity contribution in [2.45, 2.75) is 32.5 Å². The summed E-state index contributed by atoms with van der Waals surface area (Å²) in [6.45, 7) is 7.36. The van der Waals surface area contributed by atoms with Gasteiger partial charge in [-0.1, -0.05) is 12.2 Å². The summed E-state index contributed by atoms with van der Waals surface area (Å²) in [6.07, 6.45) is -3.17. The van der Waals surface area contributed by atoms with Crippen LogP contribution in [0.4, 0.5) is 4.79 Å². The summed E-state index contributed by atoms with van der Waals surface area (Å²) in [6, 6.07) is -0.552. The highest BCUT2D eigenvalue weighted by molar-refractivity contribution is 5.77. The maximum Gasteiger partial charge on any atom is 0.323 e. The second-order valence-electron chi connectivity index (χ2n) is 3.58. The summed E-state index contributed by atoms with van der Waals surface area (Å²) < 4.78 is 5.27. The van der Waals surface area contributed by atoms with Crippen molar-refractivity contribution in [1.82, 2.24) is 10.2 Å². The van der Waals surface area contributed by atoms with E-state index in [0.717, 1.165) is 10.5 Å². The molecule has 1 saturated heterocycles. The highest BCUT2D eigenvalue weighted by Crippen LogP contribution is 2.14. The molecule has 0 radical (unpaired) electrons. The fraction of sp³-hybridized carbons (Fsp3) is 0.667. The Kier molecular flexibility index (Phi) is 3.67. The van der Waals surface area contributed by atoms with Crippen LogP contribution in [0.2, 0.25) is 0 Å². The Morgan fingerprint density at radius 1 is 1.73 bits per heavy atom. The Morgan fingerprint density at radius 2 is 2.33 bits per heavy atom. The third-order valence-corrected chi connectivity index (χ3v) is 2.04. The highest BCUT2D eigenvalue weighted by atomic mass is 16.5. The van der Waals surface area contributed by atoms with E-state index >= 15 is 0 Å². The van der Waals surface area contributed by atoms with Crippen LogP contribution in [0.15, 0.2) is 12.2 Å². The van der Waals surface area contributed by atoms with Gasteiger partial charge in [-0.3, -0.25) is 4.90 Å². The molecule has 0 saturated carbocycles. The first-order chi connectivity index (χ1) is 6.93. The van der Waals surface area contributed by atoms with Crippen molar-refractivity contribution in [3.8, 4) is 0 Å². The Bertz CT molecular complexity index is 269. The Balaban J connectivity index is 2.55. The van der Waals surface area contributed by atoms with Crippen LogP contribution < -0.4 is 5.32 Å². The van der Waals surface area contributed by atoms with Crippen molar-refractivity contribution in [3.63, 3.8) is 0 Å². The molecule has 0 aromatic carbocycles. The molecule has 0 aliphatic carbocycles. The van der Waals surface area contributed by atoms with Gasteiger partial charge >= 0.3 is 6.03 Å². The molecule has 1 fully saturated rings. The lowest BCUT2D eigenvalue weighted by molar-refractivity contribution is -0.108. The van der Waals surface area contributed by atoms with Crippen LogP contribution in [0.25, 0.3) is 0 Å². The molecule has 2 amide bonds. The first-order valence-corrected chi connectivity index (χ1v) is 4.64. The van der Waals surface area contributed by atoms with Crippen molar-refractivity contribution in [1.29, 1.82) is 0 Å². The minimum atomic E-state index is -1.28. The third-order valence-electron chi connectivity index (χ3n) is 2.04. The van der Waals surface area contributed by atoms with Gasteiger partial charge in [-0.25, -0.2) is 4.79 Å². The van der Waals surface area contributed by atoms with Gasteiger partial charge in [-0.05, 0) is 13.8 Å². The molecule has 1 heterocycles. The predicted octanol–water partition coefficient (Wildman–Crippen LogP) is -0.413. The molecule has 3 atom stereocenters. The van der Waals surface area contributed by atoms with Crippen molar-refractivity contribution < 1.29 is 19.7 Å². The van der Waals surface area contributed by atoms with Crippen molar-refractivity contribution in [3.05, 3.63) is 12.2 Å². The van der Waals surface area contributed by atoms with Gasteiger partial charge in [0.25, 0.3) is 0 Å². The molecule has 1 aliphatic rings. The predicted molar refractivity (Wildman–Crippen MR) is 52.6 cm³/mol. The zero-order valence-corrected chi connectivity index (χ0v) is 8.80. The Morgan fingerprint density at radius 3 is 2.73 bits per heavy atom. The van der Waals surface area contributed by atoms with E-state index < -0.39 is 24.7 Å². The molecule has 15 heavy (non-hydrogen) atoms. The highest BCUT2D eigenvalue weighted by Gasteiger charge is 2.40. The van der Waals surface area contributed by atoms with E-state index in [2.05, 4.69) is 11.9 Å². The molecule has 0 aromatic rings. The minimum Gasteiger partial charge on any atom is -0.369 e. The average molecular weight is 216 g/mol. The van der Waals surface area contributed by atoms with Gasteiger partial charge in [0.15, 0.2) is 12.5 Å². The van der Waals surface area contributed by atoms with E-state index in [-0.39, 0.29) is 0 Å². The lowest BCUT2D eigenvalue weighted by Gasteiger charge is -2.26. The maximum absolute atomic E-state index is 11.3. The summed E-state index contributed by atoms with van der Waals surface area (Å²) in [4.78, 5) is 12.3. The quantitative estimate of drug-likeness (QED) is 0.558. The largest absolute Gasteiger partial charge is 0.369 e. The van der Waals surface area contributed by atoms with Gasteiger partial charge in [-0.15, -0.1) is 0 Å². The molecule has 3 unspecified atom stereocenters. The van der Waals surface area contributed by atoms with Gasteiger partial charge < -0.3 is 20.3 Å². The smallest absolute Gasteiger partial charge is 0.323 e. The van der Waals surface area contributed by atoms with Crippen molar-refractivity contribution in [2.75, 3.05) is 6.61 Å². The van der Waals surface area contributed by atoms with Crippen LogP contribution in [-0.4, -0.2) is 46.4 Å². The van der Waals surface area contributed by atoms with Crippen molar-refractivity contribution in [2.24, 2.45) is 0 Å². The molecule has 6 heteroatoms. The summed E-state index contributed by atoms with van der Waals surface area (Å²) in [7, 11) is 0. The number of amides is 2. The first kappa shape index (κ1) is 12.0. The number of ether oxygens (including phenoxy) is 1. The average Bonchev–Trinajstić information content (AvgIpc) is 2.37. The number of carbonyl (C=O) groups excluding carboxylic acids is 1. The lowest BCUT2D eigenvalue weighted by Crippen LogP contribution is -2.44. The van der Waals surface area contributed by atoms with E-state index in [9.17, 15) is 9.90 Å². The molecule has 6 nitrogen and oxygen atoms in total. The number of hydrogen-bond acceptors (Lipinski definition) is 4. The molecule has 1 aliphatic heterocycles. The first-order valence-electron chi connectivity index (χ1n) is 4.64. The summed E-state index contributed by atoms with van der Waals surface area (Å²) in [5, 5.41) is 20.8. The topological polar surface area (TPSA) is 82.0 Å². The number of nitrogens with one attached hydrogen (secondary N) is 1. The van der Waals surface area contributed by atoms with E-state index in [1.807, 2.05) is 0 Å². The molecule has 0 aromatic heterocycles. The summed E-state index contributed by atoms with van der Waals surface area (Å²) in [5.74, 6) is 0. The number of rotatable bonds is 4. The SMILES string of the molecule is C=C(C)COC(C)N1C(=O)NC(O)C1O. The molecule has 86 valence electrons.